The summed E-state index contributed by atoms with van der Waals surface area (Å²) in [5, 5.41) is 16.3. The average molecular weight is 482 g/mol. The highest BCUT2D eigenvalue weighted by molar-refractivity contribution is 6.35. The maximum absolute atomic E-state index is 13.8. The van der Waals surface area contributed by atoms with Crippen LogP contribution in [0.2, 0.25) is 5.02 Å². The molecule has 176 valence electrons. The molecule has 2 aromatic carbocycles. The topological polar surface area (TPSA) is 108 Å². The summed E-state index contributed by atoms with van der Waals surface area (Å²) in [6.07, 6.45) is 1.94. The zero-order valence-electron chi connectivity index (χ0n) is 18.3. The minimum Gasteiger partial charge on any atom is -0.508 e. The Labute approximate surface area is 201 Å². The number of halogens is 1. The summed E-state index contributed by atoms with van der Waals surface area (Å²) in [6.45, 7) is 0.827. The number of hydrogen-bond donors (Lipinski definition) is 3. The second kappa shape index (κ2) is 7.80. The molecular formula is C25H24ClN3O5. The zero-order chi connectivity index (χ0) is 23.6. The van der Waals surface area contributed by atoms with Gasteiger partial charge in [-0.2, -0.15) is 0 Å². The molecule has 0 saturated carbocycles. The van der Waals surface area contributed by atoms with Crippen LogP contribution in [0.3, 0.4) is 0 Å². The van der Waals surface area contributed by atoms with Crippen molar-refractivity contribution in [2.45, 2.75) is 36.9 Å². The van der Waals surface area contributed by atoms with Crippen LogP contribution in [-0.2, 0) is 31.1 Å². The number of imide groups is 1. The SMILES string of the molecule is O=C1[C@H]2[C@H](Cc3ccc(O)cc3)N[C@@]3(C(=O)Nc4c(Cl)cccc43)[C@H]2C(=O)N1C[C@@H]1CCCO1. The van der Waals surface area contributed by atoms with Crippen LogP contribution < -0.4 is 10.6 Å². The van der Waals surface area contributed by atoms with Crippen molar-refractivity contribution < 1.29 is 24.2 Å². The Balaban J connectivity index is 1.43. The van der Waals surface area contributed by atoms with Gasteiger partial charge >= 0.3 is 0 Å². The van der Waals surface area contributed by atoms with E-state index in [1.165, 1.54) is 4.90 Å². The molecule has 4 aliphatic heterocycles. The zero-order valence-corrected chi connectivity index (χ0v) is 19.0. The molecule has 0 unspecified atom stereocenters. The van der Waals surface area contributed by atoms with Gasteiger partial charge in [-0.3, -0.25) is 24.6 Å². The summed E-state index contributed by atoms with van der Waals surface area (Å²) in [6, 6.07) is 11.5. The number of hydrogen-bond acceptors (Lipinski definition) is 6. The Hall–Kier alpha value is -2.94. The molecule has 0 aromatic heterocycles. The van der Waals surface area contributed by atoms with Crippen LogP contribution in [0.1, 0.15) is 24.0 Å². The van der Waals surface area contributed by atoms with Gasteiger partial charge in [-0.25, -0.2) is 0 Å². The van der Waals surface area contributed by atoms with E-state index in [9.17, 15) is 19.5 Å². The number of nitrogens with one attached hydrogen (secondary N) is 2. The summed E-state index contributed by atoms with van der Waals surface area (Å²) in [5.41, 5.74) is 0.565. The highest BCUT2D eigenvalue weighted by Crippen LogP contribution is 2.54. The molecule has 3 amide bonds. The Morgan fingerprint density at radius 2 is 1.91 bits per heavy atom. The number of likely N-dealkylation sites (tertiary alicyclic amines) is 1. The van der Waals surface area contributed by atoms with Crippen LogP contribution in [-0.4, -0.2) is 53.0 Å². The van der Waals surface area contributed by atoms with Gasteiger partial charge in [-0.05, 0) is 43.0 Å². The summed E-state index contributed by atoms with van der Waals surface area (Å²) in [5.74, 6) is -2.46. The van der Waals surface area contributed by atoms with Crippen molar-refractivity contribution in [3.05, 3.63) is 58.6 Å². The van der Waals surface area contributed by atoms with Gasteiger partial charge in [0, 0.05) is 18.2 Å². The highest BCUT2D eigenvalue weighted by atomic mass is 35.5. The van der Waals surface area contributed by atoms with Crippen molar-refractivity contribution in [3.8, 4) is 5.75 Å². The van der Waals surface area contributed by atoms with Crippen molar-refractivity contribution in [1.29, 1.82) is 0 Å². The lowest BCUT2D eigenvalue weighted by molar-refractivity contribution is -0.144. The third-order valence-electron chi connectivity index (χ3n) is 7.59. The predicted octanol–water partition coefficient (Wildman–Crippen LogP) is 2.19. The smallest absolute Gasteiger partial charge is 0.250 e. The summed E-state index contributed by atoms with van der Waals surface area (Å²) in [4.78, 5) is 42.3. The molecule has 5 atom stereocenters. The number of phenols is 1. The quantitative estimate of drug-likeness (QED) is 0.578. The van der Waals surface area contributed by atoms with Crippen molar-refractivity contribution in [3.63, 3.8) is 0 Å². The average Bonchev–Trinajstić information content (AvgIpc) is 3.56. The molecule has 4 aliphatic rings. The number of phenolic OH excluding ortho intramolecular Hbond substituents is 1. The molecule has 0 aliphatic carbocycles. The first-order valence-corrected chi connectivity index (χ1v) is 11.9. The van der Waals surface area contributed by atoms with Gasteiger partial charge in [-0.15, -0.1) is 0 Å². The van der Waals surface area contributed by atoms with E-state index < -0.39 is 23.4 Å². The number of para-hydroxylation sites is 1. The second-order valence-electron chi connectivity index (χ2n) is 9.47. The maximum atomic E-state index is 13.8. The lowest BCUT2D eigenvalue weighted by Gasteiger charge is -2.30. The minimum atomic E-state index is -1.38. The number of carbonyl (C=O) groups excluding carboxylic acids is 3. The van der Waals surface area contributed by atoms with E-state index in [0.29, 0.717) is 29.3 Å². The highest BCUT2D eigenvalue weighted by Gasteiger charge is 2.70. The van der Waals surface area contributed by atoms with Crippen LogP contribution in [0, 0.1) is 11.8 Å². The lowest BCUT2D eigenvalue weighted by Crippen LogP contribution is -2.54. The van der Waals surface area contributed by atoms with E-state index in [2.05, 4.69) is 10.6 Å². The fourth-order valence-corrected chi connectivity index (χ4v) is 6.31. The van der Waals surface area contributed by atoms with Crippen molar-refractivity contribution >= 4 is 35.0 Å². The molecule has 8 nitrogen and oxygen atoms in total. The van der Waals surface area contributed by atoms with Gasteiger partial charge in [0.05, 0.1) is 35.2 Å². The number of amides is 3. The number of ether oxygens (including phenoxy) is 1. The van der Waals surface area contributed by atoms with Crippen LogP contribution in [0.25, 0.3) is 0 Å². The van der Waals surface area contributed by atoms with Gasteiger partial charge in [0.15, 0.2) is 0 Å². The second-order valence-corrected chi connectivity index (χ2v) is 9.88. The fourth-order valence-electron chi connectivity index (χ4n) is 6.09. The third-order valence-corrected chi connectivity index (χ3v) is 7.91. The Kier molecular flexibility index (Phi) is 4.95. The van der Waals surface area contributed by atoms with E-state index in [0.717, 1.165) is 18.4 Å². The van der Waals surface area contributed by atoms with E-state index >= 15 is 0 Å². The first-order chi connectivity index (χ1) is 16.4. The number of rotatable bonds is 4. The maximum Gasteiger partial charge on any atom is 0.250 e. The summed E-state index contributed by atoms with van der Waals surface area (Å²) in [7, 11) is 0. The molecule has 34 heavy (non-hydrogen) atoms. The van der Waals surface area contributed by atoms with E-state index in [1.807, 2.05) is 0 Å². The molecule has 4 heterocycles. The van der Waals surface area contributed by atoms with Gasteiger partial charge in [0.25, 0.3) is 0 Å². The molecule has 1 spiro atoms. The number of nitrogens with zero attached hydrogens (tertiary/aromatic N) is 1. The molecule has 3 saturated heterocycles. The molecule has 3 fully saturated rings. The van der Waals surface area contributed by atoms with Crippen molar-refractivity contribution in [1.82, 2.24) is 10.2 Å². The molecule has 6 rings (SSSR count). The molecule has 9 heteroatoms. The Morgan fingerprint density at radius 1 is 1.12 bits per heavy atom. The van der Waals surface area contributed by atoms with Crippen molar-refractivity contribution in [2.24, 2.45) is 11.8 Å². The third kappa shape index (κ3) is 3.02. The number of fused-ring (bicyclic) bond motifs is 4. The number of carbonyl (C=O) groups is 3. The van der Waals surface area contributed by atoms with E-state index in [-0.39, 0.29) is 36.1 Å². The summed E-state index contributed by atoms with van der Waals surface area (Å²) >= 11 is 6.38. The van der Waals surface area contributed by atoms with Crippen LogP contribution in [0.15, 0.2) is 42.5 Å². The first-order valence-electron chi connectivity index (χ1n) is 11.5. The van der Waals surface area contributed by atoms with E-state index in [4.69, 9.17) is 16.3 Å². The van der Waals surface area contributed by atoms with Crippen LogP contribution in [0.4, 0.5) is 5.69 Å². The lowest BCUT2D eigenvalue weighted by atomic mass is 9.76. The molecular weight excluding hydrogens is 458 g/mol. The number of aromatic hydroxyl groups is 1. The first kappa shape index (κ1) is 21.6. The van der Waals surface area contributed by atoms with Crippen LogP contribution in [0.5, 0.6) is 5.75 Å². The predicted molar refractivity (Wildman–Crippen MR) is 123 cm³/mol. The van der Waals surface area contributed by atoms with Crippen LogP contribution >= 0.6 is 11.6 Å². The van der Waals surface area contributed by atoms with Crippen molar-refractivity contribution in [2.75, 3.05) is 18.5 Å². The minimum absolute atomic E-state index is 0.145. The fraction of sp³-hybridized carbons (Fsp3) is 0.400. The molecule has 0 radical (unpaired) electrons. The van der Waals surface area contributed by atoms with Gasteiger partial charge in [0.1, 0.15) is 11.3 Å². The monoisotopic (exact) mass is 481 g/mol. The summed E-state index contributed by atoms with van der Waals surface area (Å²) < 4.78 is 5.70. The van der Waals surface area contributed by atoms with Gasteiger partial charge < -0.3 is 15.2 Å². The molecule has 3 N–H and O–H groups in total. The molecule has 0 bridgehead atoms. The van der Waals surface area contributed by atoms with Gasteiger partial charge in [-0.1, -0.05) is 35.9 Å². The Morgan fingerprint density at radius 3 is 2.65 bits per heavy atom. The van der Waals surface area contributed by atoms with E-state index in [1.54, 1.807) is 42.5 Å². The number of benzene rings is 2. The standard InChI is InChI=1S/C25H24ClN3O5/c26-17-5-1-4-16-21(17)27-24(33)25(16)20-19(18(28-25)11-13-6-8-14(30)9-7-13)22(31)29(23(20)32)12-15-3-2-10-34-15/h1,4-9,15,18-20,28,30H,2-3,10-12H2,(H,27,33)/t15-,18-,19-,20+,25+/m0/s1. The number of anilines is 1. The normalized spacial score (nSPS) is 31.9. The Bertz CT molecular complexity index is 1200. The largest absolute Gasteiger partial charge is 0.508 e. The molecule has 2 aromatic rings. The van der Waals surface area contributed by atoms with Gasteiger partial charge in [0.2, 0.25) is 17.7 Å².